The Morgan fingerprint density at radius 2 is 1.88 bits per heavy atom. The zero-order valence-corrected chi connectivity index (χ0v) is 31.7. The third kappa shape index (κ3) is 6.19. The summed E-state index contributed by atoms with van der Waals surface area (Å²) in [6.07, 6.45) is 7.69. The van der Waals surface area contributed by atoms with Crippen LogP contribution in [0.3, 0.4) is 0 Å². The van der Waals surface area contributed by atoms with E-state index < -0.39 is 16.8 Å². The van der Waals surface area contributed by atoms with Gasteiger partial charge < -0.3 is 25.2 Å². The van der Waals surface area contributed by atoms with Gasteiger partial charge in [0.05, 0.1) is 49.9 Å². The van der Waals surface area contributed by atoms with Crippen LogP contribution < -0.4 is 10.6 Å². The maximum Gasteiger partial charge on any atom is 0.186 e. The van der Waals surface area contributed by atoms with E-state index in [1.165, 1.54) is 11.3 Å². The molecule has 4 atom stereocenters. The zero-order valence-electron chi connectivity index (χ0n) is 30.9. The Balaban J connectivity index is 0.00000220. The van der Waals surface area contributed by atoms with Gasteiger partial charge in [-0.15, -0.1) is 11.3 Å². The Morgan fingerprint density at radius 3 is 2.55 bits per heavy atom. The summed E-state index contributed by atoms with van der Waals surface area (Å²) in [5, 5.41) is 31.1. The first-order valence-electron chi connectivity index (χ1n) is 18.6. The van der Waals surface area contributed by atoms with Gasteiger partial charge in [-0.3, -0.25) is 0 Å². The number of likely N-dealkylation sites (N-methyl/N-ethyl adjacent to an activating group) is 1. The molecule has 0 bridgehead atoms. The van der Waals surface area contributed by atoms with Crippen LogP contribution in [-0.2, 0) is 24.9 Å². The van der Waals surface area contributed by atoms with Crippen LogP contribution in [-0.4, -0.2) is 90.7 Å². The minimum absolute atomic E-state index is 0.181. The summed E-state index contributed by atoms with van der Waals surface area (Å²) in [5.74, 6) is 1.80. The molecule has 6 radical (unpaired) electrons. The number of hydrogen-bond donors (Lipinski definition) is 2. The average molecular weight is 703 g/mol. The number of anilines is 2. The monoisotopic (exact) mass is 703 g/mol. The second-order valence-electron chi connectivity index (χ2n) is 14.4. The number of hydrogen-bond acceptors (Lipinski definition) is 11. The maximum absolute atomic E-state index is 12.1. The van der Waals surface area contributed by atoms with Crippen LogP contribution >= 0.6 is 11.3 Å². The first-order chi connectivity index (χ1) is 24.4. The van der Waals surface area contributed by atoms with Crippen LogP contribution in [0.2, 0.25) is 5.21 Å². The van der Waals surface area contributed by atoms with Crippen molar-refractivity contribution in [2.75, 3.05) is 30.8 Å². The largest absolute Gasteiger partial charge is 0.394 e. The SMILES string of the molecule is CC.[B]C1(O)c2nn(CC3CCCN3C)c3nc(-c4noc(-c5c(CCC)sc(N)c5C#N)c4CCCC)nc(c23)N2CC(C)CC[C@@H]2C1([B])[B]. The van der Waals surface area contributed by atoms with Gasteiger partial charge in [0.2, 0.25) is 0 Å². The van der Waals surface area contributed by atoms with Gasteiger partial charge in [0.25, 0.3) is 0 Å². The number of aliphatic hydroxyl groups is 1. The van der Waals surface area contributed by atoms with Gasteiger partial charge in [-0.1, -0.05) is 57.8 Å². The highest BCUT2D eigenvalue weighted by atomic mass is 32.1. The predicted molar refractivity (Wildman–Crippen MR) is 206 cm³/mol. The summed E-state index contributed by atoms with van der Waals surface area (Å²) < 4.78 is 8.00. The molecule has 3 unspecified atom stereocenters. The standard InChI is InChI=1S/C34H42B3N9O2S.C2H6/c1-5-7-11-20-26(43-48-27(20)24-21(15-38)29(39)49-22(24)9-6-2)30-40-31-25-28(42-46(32(25)41-30)17-19-10-8-14-44(19)4)34(37,47)33(35,36)23-13-12-18(3)16-45(23)31;1-2/h18-19,23,47H,5-14,16-17,39H2,1-4H3;1-2H3/t18?,19?,23-,34?;/m1./s1. The minimum atomic E-state index is -2.16. The van der Waals surface area contributed by atoms with Crippen LogP contribution in [0.5, 0.6) is 0 Å². The fourth-order valence-corrected chi connectivity index (χ4v) is 9.15. The average Bonchev–Trinajstić information content (AvgIpc) is 3.88. The van der Waals surface area contributed by atoms with Gasteiger partial charge in [-0.25, -0.2) is 14.6 Å². The number of unbranched alkanes of at least 4 members (excludes halogenated alkanes) is 1. The number of aryl methyl sites for hydroxylation is 1. The predicted octanol–water partition coefficient (Wildman–Crippen LogP) is 5.46. The molecule has 0 saturated carbocycles. The fraction of sp³-hybridized carbons (Fsp3) is 0.639. The van der Waals surface area contributed by atoms with E-state index in [1.54, 1.807) is 0 Å². The molecule has 2 saturated heterocycles. The summed E-state index contributed by atoms with van der Waals surface area (Å²) in [6.45, 7) is 12.6. The molecule has 4 aromatic rings. The van der Waals surface area contributed by atoms with E-state index in [1.807, 2.05) is 18.5 Å². The third-order valence-corrected chi connectivity index (χ3v) is 12.0. The Labute approximate surface area is 309 Å². The summed E-state index contributed by atoms with van der Waals surface area (Å²) in [4.78, 5) is 15.8. The Morgan fingerprint density at radius 1 is 1.12 bits per heavy atom. The highest BCUT2D eigenvalue weighted by Gasteiger charge is 2.53. The first kappa shape index (κ1) is 37.4. The summed E-state index contributed by atoms with van der Waals surface area (Å²) >= 11 is 1.43. The second kappa shape index (κ2) is 14.6. The number of piperidine rings is 1. The molecular weight excluding hydrogens is 655 g/mol. The van der Waals surface area contributed by atoms with Crippen molar-refractivity contribution in [2.24, 2.45) is 5.92 Å². The number of rotatable bonds is 9. The molecule has 0 amide bonds. The van der Waals surface area contributed by atoms with Crippen molar-refractivity contribution in [3.05, 3.63) is 21.7 Å². The van der Waals surface area contributed by atoms with Gasteiger partial charge in [-0.2, -0.15) is 10.4 Å². The second-order valence-corrected chi connectivity index (χ2v) is 15.5. The lowest BCUT2D eigenvalue weighted by Gasteiger charge is -2.52. The lowest BCUT2D eigenvalue weighted by molar-refractivity contribution is 0.0836. The Kier molecular flexibility index (Phi) is 10.7. The Bertz CT molecular complexity index is 1930. The molecular formula is C36H48B3N9O2S. The lowest BCUT2D eigenvalue weighted by Crippen LogP contribution is -2.57. The van der Waals surface area contributed by atoms with Crippen molar-refractivity contribution >= 4 is 56.7 Å². The molecule has 3 aliphatic heterocycles. The molecule has 0 aliphatic carbocycles. The molecule has 15 heteroatoms. The van der Waals surface area contributed by atoms with E-state index >= 15 is 0 Å². The highest BCUT2D eigenvalue weighted by molar-refractivity contribution is 7.16. The quantitative estimate of drug-likeness (QED) is 0.216. The number of likely N-dealkylation sites (tertiary alicyclic amines) is 1. The molecule has 2 fully saturated rings. The molecule has 51 heavy (non-hydrogen) atoms. The van der Waals surface area contributed by atoms with Crippen LogP contribution in [0.25, 0.3) is 33.9 Å². The van der Waals surface area contributed by atoms with Gasteiger partial charge in [0.1, 0.15) is 24.7 Å². The molecule has 264 valence electrons. The smallest absolute Gasteiger partial charge is 0.186 e. The van der Waals surface area contributed by atoms with Crippen LogP contribution in [0.15, 0.2) is 4.52 Å². The third-order valence-electron chi connectivity index (χ3n) is 10.9. The fourth-order valence-electron chi connectivity index (χ4n) is 8.03. The van der Waals surface area contributed by atoms with E-state index in [0.29, 0.717) is 82.1 Å². The van der Waals surface area contributed by atoms with Gasteiger partial charge >= 0.3 is 0 Å². The number of aromatic nitrogens is 5. The lowest BCUT2D eigenvalue weighted by atomic mass is 9.37. The summed E-state index contributed by atoms with van der Waals surface area (Å²) in [5.41, 5.74) is 7.38. The molecule has 3 N–H and O–H groups in total. The topological polar surface area (TPSA) is 146 Å². The number of thiophene rings is 1. The molecule has 0 aromatic carbocycles. The van der Waals surface area contributed by atoms with Crippen LogP contribution in [0, 0.1) is 17.2 Å². The number of fused-ring (bicyclic) bond motifs is 2. The number of nitrogens with zero attached hydrogens (tertiary/aromatic N) is 8. The highest BCUT2D eigenvalue weighted by Crippen LogP contribution is 2.53. The molecule has 0 spiro atoms. The van der Waals surface area contributed by atoms with E-state index in [0.717, 1.165) is 61.9 Å². The van der Waals surface area contributed by atoms with Gasteiger partial charge in [0, 0.05) is 29.1 Å². The molecule has 7 rings (SSSR count). The van der Waals surface area contributed by atoms with Crippen LogP contribution in [0.4, 0.5) is 10.8 Å². The zero-order chi connectivity index (χ0) is 36.8. The molecule has 4 aromatic heterocycles. The Hall–Kier alpha value is -3.34. The van der Waals surface area contributed by atoms with E-state index in [2.05, 4.69) is 48.8 Å². The number of nitrogens with two attached hydrogens (primary N) is 1. The number of nitriles is 1. The molecule has 7 heterocycles. The van der Waals surface area contributed by atoms with Gasteiger partial charge in [0.15, 0.2) is 22.9 Å². The summed E-state index contributed by atoms with van der Waals surface area (Å²) in [6, 6.07) is 2.03. The van der Waals surface area contributed by atoms with E-state index in [-0.39, 0.29) is 11.7 Å². The summed E-state index contributed by atoms with van der Waals surface area (Å²) in [7, 11) is 22.6. The van der Waals surface area contributed by atoms with Crippen LogP contribution in [0.1, 0.15) is 101 Å². The minimum Gasteiger partial charge on any atom is -0.394 e. The van der Waals surface area contributed by atoms with E-state index in [9.17, 15) is 10.4 Å². The maximum atomic E-state index is 12.1. The van der Waals surface area contributed by atoms with Crippen molar-refractivity contribution in [3.63, 3.8) is 0 Å². The normalized spacial score (nSPS) is 24.2. The molecule has 3 aliphatic rings. The van der Waals surface area contributed by atoms with E-state index in [4.69, 9.17) is 48.9 Å². The number of nitrogen functional groups attached to an aromatic ring is 1. The van der Waals surface area contributed by atoms with Gasteiger partial charge in [-0.05, 0) is 64.5 Å². The van der Waals surface area contributed by atoms with Crippen molar-refractivity contribution < 1.29 is 9.63 Å². The first-order valence-corrected chi connectivity index (χ1v) is 19.4. The van der Waals surface area contributed by atoms with Crippen molar-refractivity contribution in [2.45, 2.75) is 122 Å². The molecule has 11 nitrogen and oxygen atoms in total. The van der Waals surface area contributed by atoms with Crippen molar-refractivity contribution in [3.8, 4) is 28.9 Å². The van der Waals surface area contributed by atoms with Crippen molar-refractivity contribution in [1.82, 2.24) is 29.8 Å². The van der Waals surface area contributed by atoms with Crippen molar-refractivity contribution in [1.29, 1.82) is 5.26 Å².